The number of rotatable bonds is 8. The Morgan fingerprint density at radius 3 is 2.38 bits per heavy atom. The molecule has 0 fully saturated rings. The average molecular weight is 421 g/mol. The minimum absolute atomic E-state index is 0.0487. The molecule has 0 aromatic heterocycles. The second-order valence-corrected chi connectivity index (χ2v) is 7.66. The first-order valence-corrected chi connectivity index (χ1v) is 9.89. The normalized spacial score (nSPS) is 10.8. The monoisotopic (exact) mass is 421 g/mol. The van der Waals surface area contributed by atoms with Gasteiger partial charge in [-0.1, -0.05) is 6.07 Å². The van der Waals surface area contributed by atoms with Gasteiger partial charge in [-0.25, -0.2) is 8.42 Å². The van der Waals surface area contributed by atoms with E-state index >= 15 is 0 Å². The fraction of sp³-hybridized carbons (Fsp3) is 0.222. The van der Waals surface area contributed by atoms with E-state index in [2.05, 4.69) is 5.32 Å². The lowest BCUT2D eigenvalue weighted by atomic mass is 10.3. The molecular weight excluding hydrogens is 402 g/mol. The Labute approximate surface area is 167 Å². The summed E-state index contributed by atoms with van der Waals surface area (Å²) in [4.78, 5) is 33.3. The summed E-state index contributed by atoms with van der Waals surface area (Å²) in [6.45, 7) is 2.27. The van der Waals surface area contributed by atoms with Gasteiger partial charge in [0.15, 0.2) is 0 Å². The van der Waals surface area contributed by atoms with Gasteiger partial charge in [0.25, 0.3) is 15.7 Å². The number of sulfonamides is 1. The van der Waals surface area contributed by atoms with Crippen molar-refractivity contribution >= 4 is 39.0 Å². The summed E-state index contributed by atoms with van der Waals surface area (Å²) >= 11 is 0. The van der Waals surface area contributed by atoms with Crippen LogP contribution in [-0.2, 0) is 24.3 Å². The molecular formula is C18H19N3O7S. The van der Waals surface area contributed by atoms with Gasteiger partial charge >= 0.3 is 5.97 Å². The maximum Gasteiger partial charge on any atom is 0.326 e. The standard InChI is InChI=1S/C18H19N3O7S/c1-3-28-18(23)12-20(15-5-4-6-16(11-15)21(24)25)29(26,27)17-9-7-14(8-10-17)19-13(2)22/h4-11H,3,12H2,1-2H3,(H,19,22). The van der Waals surface area contributed by atoms with Crippen molar-refractivity contribution < 1.29 is 27.7 Å². The van der Waals surface area contributed by atoms with E-state index in [1.807, 2.05) is 0 Å². The van der Waals surface area contributed by atoms with Gasteiger partial charge in [-0.15, -0.1) is 0 Å². The first-order chi connectivity index (χ1) is 13.6. The number of carbonyl (C=O) groups excluding carboxylic acids is 2. The smallest absolute Gasteiger partial charge is 0.326 e. The Morgan fingerprint density at radius 2 is 1.83 bits per heavy atom. The number of esters is 1. The van der Waals surface area contributed by atoms with Crippen LogP contribution in [-0.4, -0.2) is 38.4 Å². The van der Waals surface area contributed by atoms with Crippen LogP contribution in [0, 0.1) is 10.1 Å². The van der Waals surface area contributed by atoms with Crippen LogP contribution in [0.3, 0.4) is 0 Å². The quantitative estimate of drug-likeness (QED) is 0.392. The van der Waals surface area contributed by atoms with Crippen molar-refractivity contribution in [3.05, 3.63) is 58.6 Å². The predicted octanol–water partition coefficient (Wildman–Crippen LogP) is 2.31. The van der Waals surface area contributed by atoms with Crippen molar-refractivity contribution in [2.75, 3.05) is 22.8 Å². The minimum atomic E-state index is -4.26. The predicted molar refractivity (Wildman–Crippen MR) is 105 cm³/mol. The molecule has 0 unspecified atom stereocenters. The maximum atomic E-state index is 13.1. The number of hydrogen-bond acceptors (Lipinski definition) is 7. The molecule has 0 bridgehead atoms. The van der Waals surface area contributed by atoms with Crippen molar-refractivity contribution in [3.8, 4) is 0 Å². The highest BCUT2D eigenvalue weighted by molar-refractivity contribution is 7.92. The third-order valence-electron chi connectivity index (χ3n) is 3.67. The largest absolute Gasteiger partial charge is 0.465 e. The summed E-state index contributed by atoms with van der Waals surface area (Å²) in [7, 11) is -4.26. The second kappa shape index (κ2) is 9.15. The van der Waals surface area contributed by atoms with E-state index in [0.29, 0.717) is 5.69 Å². The Hall–Kier alpha value is -3.47. The van der Waals surface area contributed by atoms with Crippen molar-refractivity contribution in [1.82, 2.24) is 0 Å². The van der Waals surface area contributed by atoms with Crippen molar-refractivity contribution in [2.45, 2.75) is 18.7 Å². The highest BCUT2D eigenvalue weighted by Gasteiger charge is 2.28. The summed E-state index contributed by atoms with van der Waals surface area (Å²) < 4.78 is 31.9. The number of non-ortho nitro benzene ring substituents is 1. The zero-order chi connectivity index (χ0) is 21.6. The van der Waals surface area contributed by atoms with E-state index < -0.39 is 27.5 Å². The lowest BCUT2D eigenvalue weighted by molar-refractivity contribution is -0.384. The Morgan fingerprint density at radius 1 is 1.17 bits per heavy atom. The number of anilines is 2. The summed E-state index contributed by atoms with van der Waals surface area (Å²) in [6, 6.07) is 10.2. The third-order valence-corrected chi connectivity index (χ3v) is 5.46. The number of carbonyl (C=O) groups is 2. The molecule has 1 N–H and O–H groups in total. The highest BCUT2D eigenvalue weighted by atomic mass is 32.2. The molecule has 2 aromatic rings. The minimum Gasteiger partial charge on any atom is -0.465 e. The average Bonchev–Trinajstić information content (AvgIpc) is 2.66. The van der Waals surface area contributed by atoms with Crippen LogP contribution in [0.5, 0.6) is 0 Å². The molecule has 0 radical (unpaired) electrons. The third kappa shape index (κ3) is 5.51. The Balaban J connectivity index is 2.48. The number of ether oxygens (including phenoxy) is 1. The molecule has 154 valence electrons. The Bertz CT molecular complexity index is 1020. The molecule has 0 saturated heterocycles. The van der Waals surface area contributed by atoms with Crippen LogP contribution < -0.4 is 9.62 Å². The lowest BCUT2D eigenvalue weighted by Gasteiger charge is -2.23. The fourth-order valence-corrected chi connectivity index (χ4v) is 3.84. The molecule has 0 aliphatic carbocycles. The number of amides is 1. The number of nitro groups is 1. The first-order valence-electron chi connectivity index (χ1n) is 8.45. The van der Waals surface area contributed by atoms with Gasteiger partial charge in [-0.2, -0.15) is 0 Å². The van der Waals surface area contributed by atoms with Crippen LogP contribution >= 0.6 is 0 Å². The van der Waals surface area contributed by atoms with E-state index in [1.54, 1.807) is 6.92 Å². The van der Waals surface area contributed by atoms with Gasteiger partial charge in [0.1, 0.15) is 6.54 Å². The summed E-state index contributed by atoms with van der Waals surface area (Å²) in [5.41, 5.74) is 0.00879. The van der Waals surface area contributed by atoms with E-state index in [1.165, 1.54) is 49.4 Å². The molecule has 0 heterocycles. The van der Waals surface area contributed by atoms with Crippen LogP contribution in [0.1, 0.15) is 13.8 Å². The van der Waals surface area contributed by atoms with E-state index in [9.17, 15) is 28.1 Å². The Kier molecular flexibility index (Phi) is 6.89. The van der Waals surface area contributed by atoms with Crippen molar-refractivity contribution in [1.29, 1.82) is 0 Å². The molecule has 2 rings (SSSR count). The van der Waals surface area contributed by atoms with Crippen LogP contribution in [0.15, 0.2) is 53.4 Å². The van der Waals surface area contributed by atoms with Gasteiger partial charge in [0.05, 0.1) is 22.1 Å². The molecule has 0 aliphatic rings. The molecule has 0 saturated carbocycles. The molecule has 29 heavy (non-hydrogen) atoms. The van der Waals surface area contributed by atoms with E-state index in [4.69, 9.17) is 4.74 Å². The zero-order valence-corrected chi connectivity index (χ0v) is 16.5. The molecule has 11 heteroatoms. The summed E-state index contributed by atoms with van der Waals surface area (Å²) in [5, 5.41) is 13.6. The van der Waals surface area contributed by atoms with E-state index in [-0.39, 0.29) is 28.8 Å². The molecule has 10 nitrogen and oxygen atoms in total. The van der Waals surface area contributed by atoms with Crippen LogP contribution in [0.2, 0.25) is 0 Å². The number of nitro benzene ring substituents is 1. The fourth-order valence-electron chi connectivity index (χ4n) is 2.44. The van der Waals surface area contributed by atoms with Crippen molar-refractivity contribution in [2.24, 2.45) is 0 Å². The summed E-state index contributed by atoms with van der Waals surface area (Å²) in [6.07, 6.45) is 0. The molecule has 1 amide bonds. The van der Waals surface area contributed by atoms with Crippen LogP contribution in [0.25, 0.3) is 0 Å². The van der Waals surface area contributed by atoms with Gasteiger partial charge in [-0.05, 0) is 37.3 Å². The number of nitrogens with zero attached hydrogens (tertiary/aromatic N) is 2. The number of benzene rings is 2. The number of nitrogens with one attached hydrogen (secondary N) is 1. The second-order valence-electron chi connectivity index (χ2n) is 5.80. The van der Waals surface area contributed by atoms with Crippen molar-refractivity contribution in [3.63, 3.8) is 0 Å². The van der Waals surface area contributed by atoms with Gasteiger partial charge < -0.3 is 10.1 Å². The molecule has 0 spiro atoms. The van der Waals surface area contributed by atoms with E-state index in [0.717, 1.165) is 10.4 Å². The van der Waals surface area contributed by atoms with Gasteiger partial charge in [0, 0.05) is 24.7 Å². The van der Waals surface area contributed by atoms with Crippen LogP contribution in [0.4, 0.5) is 17.1 Å². The SMILES string of the molecule is CCOC(=O)CN(c1cccc([N+](=O)[O-])c1)S(=O)(=O)c1ccc(NC(C)=O)cc1. The van der Waals surface area contributed by atoms with Gasteiger partial charge in [-0.3, -0.25) is 24.0 Å². The summed E-state index contributed by atoms with van der Waals surface area (Å²) in [5.74, 6) is -1.13. The number of hydrogen-bond donors (Lipinski definition) is 1. The first kappa shape index (κ1) is 21.8. The molecule has 0 atom stereocenters. The van der Waals surface area contributed by atoms with Gasteiger partial charge in [0.2, 0.25) is 5.91 Å². The highest BCUT2D eigenvalue weighted by Crippen LogP contribution is 2.27. The molecule has 0 aliphatic heterocycles. The lowest BCUT2D eigenvalue weighted by Crippen LogP contribution is -2.36. The molecule has 2 aromatic carbocycles. The zero-order valence-electron chi connectivity index (χ0n) is 15.7. The topological polar surface area (TPSA) is 136 Å². The maximum absolute atomic E-state index is 13.1.